The first-order chi connectivity index (χ1) is 27.9. The van der Waals surface area contributed by atoms with Crippen LogP contribution >= 0.6 is 0 Å². The van der Waals surface area contributed by atoms with Crippen LogP contribution < -0.4 is 5.73 Å². The minimum Gasteiger partial charge on any atom is -0.370 e. The molecule has 5 rings (SSSR count). The summed E-state index contributed by atoms with van der Waals surface area (Å²) in [6, 6.07) is -1.75. The molecule has 14 nitrogen and oxygen atoms in total. The number of nitrogens with two attached hydrogens (primary N) is 1. The summed E-state index contributed by atoms with van der Waals surface area (Å²) < 4.78 is 2.07. The maximum absolute atomic E-state index is 14.6. The lowest BCUT2D eigenvalue weighted by Crippen LogP contribution is -2.63. The predicted molar refractivity (Wildman–Crippen MR) is 230 cm³/mol. The Morgan fingerprint density at radius 1 is 0.661 bits per heavy atom. The van der Waals surface area contributed by atoms with Gasteiger partial charge >= 0.3 is 0 Å². The van der Waals surface area contributed by atoms with E-state index in [1.165, 1.54) is 0 Å². The van der Waals surface area contributed by atoms with Crippen molar-refractivity contribution in [3.8, 4) is 0 Å². The van der Waals surface area contributed by atoms with Crippen molar-refractivity contribution in [1.29, 1.82) is 0 Å². The minimum atomic E-state index is -0.604. The summed E-state index contributed by atoms with van der Waals surface area (Å²) in [5.41, 5.74) is 5.50. The van der Waals surface area contributed by atoms with Gasteiger partial charge in [-0.05, 0) is 101 Å². The van der Waals surface area contributed by atoms with Gasteiger partial charge in [-0.25, -0.2) is 4.98 Å². The minimum absolute atomic E-state index is 0.0127. The van der Waals surface area contributed by atoms with Crippen LogP contribution in [-0.2, 0) is 37.4 Å². The molecule has 0 radical (unpaired) electrons. The molecule has 1 aromatic rings. The van der Waals surface area contributed by atoms with Gasteiger partial charge in [-0.1, -0.05) is 41.5 Å². The molecule has 0 aliphatic carbocycles. The van der Waals surface area contributed by atoms with Gasteiger partial charge in [-0.3, -0.25) is 33.8 Å². The van der Waals surface area contributed by atoms with Crippen molar-refractivity contribution in [2.75, 3.05) is 66.5 Å². The van der Waals surface area contributed by atoms with E-state index in [-0.39, 0.29) is 65.3 Å². The number of aromatic nitrogens is 2. The van der Waals surface area contributed by atoms with E-state index in [0.717, 1.165) is 44.3 Å². The third-order valence-electron chi connectivity index (χ3n) is 14.2. The normalized spacial score (nSPS) is 24.3. The number of hydrogen-bond acceptors (Lipinski definition) is 8. The number of primary amides is 1. The highest BCUT2D eigenvalue weighted by atomic mass is 16.2. The van der Waals surface area contributed by atoms with Crippen LogP contribution in [0.25, 0.3) is 0 Å². The van der Waals surface area contributed by atoms with Gasteiger partial charge in [0.25, 0.3) is 0 Å². The Labute approximate surface area is 354 Å². The Morgan fingerprint density at radius 2 is 1.15 bits per heavy atom. The number of piperidine rings is 2. The van der Waals surface area contributed by atoms with Crippen LogP contribution in [0.3, 0.4) is 0 Å². The van der Waals surface area contributed by atoms with E-state index in [0.29, 0.717) is 89.9 Å². The molecule has 5 heterocycles. The Bertz CT molecular complexity index is 1580. The highest BCUT2D eigenvalue weighted by Gasteiger charge is 2.44. The van der Waals surface area contributed by atoms with Gasteiger partial charge in [-0.15, -0.1) is 0 Å². The lowest BCUT2D eigenvalue weighted by Gasteiger charge is -2.46. The predicted octanol–water partition coefficient (Wildman–Crippen LogP) is 3.48. The van der Waals surface area contributed by atoms with Gasteiger partial charge in [0.2, 0.25) is 29.5 Å². The molecule has 0 bridgehead atoms. The van der Waals surface area contributed by atoms with Crippen molar-refractivity contribution in [3.63, 3.8) is 0 Å². The zero-order valence-corrected chi connectivity index (χ0v) is 37.9. The fraction of sp³-hybridized carbons (Fsp3) is 0.822. The zero-order valence-electron chi connectivity index (χ0n) is 37.9. The van der Waals surface area contributed by atoms with E-state index in [9.17, 15) is 24.0 Å². The van der Waals surface area contributed by atoms with Crippen molar-refractivity contribution in [3.05, 3.63) is 18.2 Å². The van der Waals surface area contributed by atoms with Crippen LogP contribution in [0.5, 0.6) is 0 Å². The smallest absolute Gasteiger partial charge is 0.245 e. The second kappa shape index (κ2) is 20.8. The summed E-state index contributed by atoms with van der Waals surface area (Å²) in [6.07, 6.45) is 10.8. The molecule has 1 aromatic heterocycles. The molecule has 6 atom stereocenters. The Balaban J connectivity index is 1.27. The third-order valence-corrected chi connectivity index (χ3v) is 14.2. The molecule has 0 saturated carbocycles. The number of nitrogens with zero attached hydrogens (tertiary/aromatic N) is 8. The lowest BCUT2D eigenvalue weighted by molar-refractivity contribution is -0.155. The number of amides is 5. The summed E-state index contributed by atoms with van der Waals surface area (Å²) in [7, 11) is 6.04. The summed E-state index contributed by atoms with van der Waals surface area (Å²) in [5.74, 6) is 2.17. The second-order valence-corrected chi connectivity index (χ2v) is 19.6. The molecule has 4 aliphatic heterocycles. The first-order valence-electron chi connectivity index (χ1n) is 22.8. The highest BCUT2D eigenvalue weighted by molar-refractivity contribution is 5.91. The lowest BCUT2D eigenvalue weighted by atomic mass is 9.83. The highest BCUT2D eigenvalue weighted by Crippen LogP contribution is 2.32. The van der Waals surface area contributed by atoms with Gasteiger partial charge in [0.1, 0.15) is 17.9 Å². The van der Waals surface area contributed by atoms with Gasteiger partial charge in [-0.2, -0.15) is 0 Å². The first kappa shape index (κ1) is 46.5. The number of carbonyl (C=O) groups excluding carboxylic acids is 5. The standard InChI is InChI=1S/C45H77N9O5/c1-30(2)24-36-44(58)54(23-20-48(36)7)39(43(57)52-15-10-34(11-16-52)28-40(46)55)27-33(6)32(5)26-37-45(59)53(22-21-49(37)8)38(25-31(3)4)42(56)51-17-12-35(13-18-51)29-41-47-14-19-50(41)9/h14,19,30-39H,10-13,15-18,20-29H2,1-9H3,(H2,46,55)/t32?,33?,36?,37?,38-,39-/m0/s1. The van der Waals surface area contributed by atoms with E-state index in [4.69, 9.17) is 5.73 Å². The van der Waals surface area contributed by atoms with Crippen molar-refractivity contribution < 1.29 is 24.0 Å². The first-order valence-corrected chi connectivity index (χ1v) is 22.8. The van der Waals surface area contributed by atoms with Crippen molar-refractivity contribution >= 4 is 29.5 Å². The van der Waals surface area contributed by atoms with Gasteiger partial charge < -0.3 is 29.9 Å². The maximum Gasteiger partial charge on any atom is 0.245 e. The van der Waals surface area contributed by atoms with Gasteiger partial charge in [0, 0.05) is 84.6 Å². The van der Waals surface area contributed by atoms with Crippen molar-refractivity contribution in [1.82, 2.24) is 39.0 Å². The Hall–Kier alpha value is -3.52. The second-order valence-electron chi connectivity index (χ2n) is 19.6. The molecule has 0 aromatic carbocycles. The van der Waals surface area contributed by atoms with Gasteiger partial charge in [0.15, 0.2) is 0 Å². The topological polar surface area (TPSA) is 149 Å². The van der Waals surface area contributed by atoms with Crippen molar-refractivity contribution in [2.24, 2.45) is 48.3 Å². The zero-order chi connectivity index (χ0) is 43.1. The number of aryl methyl sites for hydroxylation is 1. The van der Waals surface area contributed by atoms with E-state index in [2.05, 4.69) is 60.9 Å². The molecule has 0 spiro atoms. The summed E-state index contributed by atoms with van der Waals surface area (Å²) in [6.45, 7) is 17.7. The molecule has 4 unspecified atom stereocenters. The van der Waals surface area contributed by atoms with Crippen LogP contribution in [0.15, 0.2) is 12.4 Å². The Kier molecular flexibility index (Phi) is 16.4. The molecular formula is C45H77N9O5. The van der Waals surface area contributed by atoms with Crippen LogP contribution in [0, 0.1) is 35.5 Å². The largest absolute Gasteiger partial charge is 0.370 e. The SMILES string of the molecule is CC(C)CC1C(=O)N([C@@H](CC(C)C(C)CC2C(=O)N([C@@H](CC(C)C)C(=O)N3CCC(Cc4nccn4C)CC3)CCN2C)C(=O)N2CCC(CC(N)=O)CC2)CCN1C. The molecule has 4 aliphatic rings. The fourth-order valence-electron chi connectivity index (χ4n) is 10.1. The van der Waals surface area contributed by atoms with Crippen LogP contribution in [0.2, 0.25) is 0 Å². The number of imidazole rings is 1. The summed E-state index contributed by atoms with van der Waals surface area (Å²) in [5, 5.41) is 0. The quantitative estimate of drug-likeness (QED) is 0.251. The van der Waals surface area contributed by atoms with Gasteiger partial charge in [0.05, 0.1) is 12.1 Å². The molecular weight excluding hydrogens is 747 g/mol. The fourth-order valence-corrected chi connectivity index (χ4v) is 10.1. The maximum atomic E-state index is 14.6. The molecule has 14 heteroatoms. The number of likely N-dealkylation sites (tertiary alicyclic amines) is 2. The average Bonchev–Trinajstić information content (AvgIpc) is 3.59. The number of rotatable bonds is 17. The molecule has 4 saturated heterocycles. The summed E-state index contributed by atoms with van der Waals surface area (Å²) in [4.78, 5) is 85.8. The number of likely N-dealkylation sites (N-methyl/N-ethyl adjacent to an activating group) is 2. The van der Waals surface area contributed by atoms with E-state index in [1.54, 1.807) is 0 Å². The third kappa shape index (κ3) is 11.9. The van der Waals surface area contributed by atoms with Crippen LogP contribution in [0.1, 0.15) is 105 Å². The summed E-state index contributed by atoms with van der Waals surface area (Å²) >= 11 is 0. The van der Waals surface area contributed by atoms with E-state index >= 15 is 0 Å². The van der Waals surface area contributed by atoms with Crippen LogP contribution in [0.4, 0.5) is 0 Å². The molecule has 59 heavy (non-hydrogen) atoms. The van der Waals surface area contributed by atoms with Crippen LogP contribution in [-0.4, -0.2) is 159 Å². The average molecular weight is 824 g/mol. The Morgan fingerprint density at radius 3 is 1.61 bits per heavy atom. The number of hydrogen-bond donors (Lipinski definition) is 1. The van der Waals surface area contributed by atoms with Crippen molar-refractivity contribution in [2.45, 2.75) is 130 Å². The molecule has 2 N–H and O–H groups in total. The number of piperazine rings is 2. The molecule has 5 amide bonds. The molecule has 4 fully saturated rings. The number of carbonyl (C=O) groups is 5. The van der Waals surface area contributed by atoms with E-state index in [1.807, 2.05) is 53.1 Å². The van der Waals surface area contributed by atoms with E-state index < -0.39 is 12.1 Å². The molecule has 332 valence electrons. The monoisotopic (exact) mass is 824 g/mol.